The van der Waals surface area contributed by atoms with Crippen LogP contribution in [0, 0.1) is 0 Å². The van der Waals surface area contributed by atoms with Gasteiger partial charge in [-0.3, -0.25) is 14.5 Å². The van der Waals surface area contributed by atoms with Gasteiger partial charge in [-0.25, -0.2) is 0 Å². The topological polar surface area (TPSA) is 40.6 Å². The molecule has 0 aliphatic carbocycles. The number of benzene rings is 1. The van der Waals surface area contributed by atoms with E-state index in [0.717, 1.165) is 45.3 Å². The minimum absolute atomic E-state index is 0.0663. The van der Waals surface area contributed by atoms with Gasteiger partial charge < -0.3 is 4.90 Å². The summed E-state index contributed by atoms with van der Waals surface area (Å²) in [5.74, 6) is 0.0663. The first-order chi connectivity index (χ1) is 10.2. The maximum atomic E-state index is 12.4. The van der Waals surface area contributed by atoms with Crippen molar-refractivity contribution in [3.63, 3.8) is 0 Å². The minimum Gasteiger partial charge on any atom is -0.336 e. The zero-order chi connectivity index (χ0) is 15.2. The molecule has 2 rings (SSSR count). The summed E-state index contributed by atoms with van der Waals surface area (Å²) in [5, 5.41) is 0. The fourth-order valence-corrected chi connectivity index (χ4v) is 2.98. The maximum absolute atomic E-state index is 12.4. The summed E-state index contributed by atoms with van der Waals surface area (Å²) in [6, 6.07) is 7.49. The van der Waals surface area contributed by atoms with E-state index in [4.69, 9.17) is 0 Å². The van der Waals surface area contributed by atoms with Crippen molar-refractivity contribution in [1.29, 1.82) is 0 Å². The van der Waals surface area contributed by atoms with Crippen molar-refractivity contribution in [2.45, 2.75) is 32.7 Å². The molecule has 1 aliphatic rings. The van der Waals surface area contributed by atoms with Crippen LogP contribution in [0.1, 0.15) is 47.4 Å². The molecule has 21 heavy (non-hydrogen) atoms. The van der Waals surface area contributed by atoms with Crippen molar-refractivity contribution < 1.29 is 9.59 Å². The summed E-state index contributed by atoms with van der Waals surface area (Å²) in [7, 11) is 0. The lowest BCUT2D eigenvalue weighted by molar-refractivity contribution is 0.0559. The Hall–Kier alpha value is -1.68. The molecule has 0 saturated carbocycles. The quantitative estimate of drug-likeness (QED) is 0.781. The van der Waals surface area contributed by atoms with Gasteiger partial charge in [0.15, 0.2) is 0 Å². The molecule has 1 heterocycles. The zero-order valence-corrected chi connectivity index (χ0v) is 12.9. The van der Waals surface area contributed by atoms with E-state index in [2.05, 4.69) is 18.7 Å². The molecule has 1 aromatic rings. The van der Waals surface area contributed by atoms with Crippen LogP contribution in [0.3, 0.4) is 0 Å². The predicted molar refractivity (Wildman–Crippen MR) is 83.7 cm³/mol. The Kier molecular flexibility index (Phi) is 5.51. The number of hydrogen-bond donors (Lipinski definition) is 0. The van der Waals surface area contributed by atoms with Crippen molar-refractivity contribution in [3.05, 3.63) is 35.4 Å². The summed E-state index contributed by atoms with van der Waals surface area (Å²) in [4.78, 5) is 27.5. The van der Waals surface area contributed by atoms with E-state index in [-0.39, 0.29) is 5.91 Å². The van der Waals surface area contributed by atoms with Gasteiger partial charge in [0.25, 0.3) is 5.91 Å². The average molecular weight is 288 g/mol. The monoisotopic (exact) mass is 288 g/mol. The molecule has 4 nitrogen and oxygen atoms in total. The highest BCUT2D eigenvalue weighted by atomic mass is 16.2. The normalized spacial score (nSPS) is 16.2. The van der Waals surface area contributed by atoms with Gasteiger partial charge in [-0.1, -0.05) is 26.0 Å². The van der Waals surface area contributed by atoms with Crippen molar-refractivity contribution in [1.82, 2.24) is 9.80 Å². The van der Waals surface area contributed by atoms with Crippen LogP contribution >= 0.6 is 0 Å². The Morgan fingerprint density at radius 3 is 2.14 bits per heavy atom. The largest absolute Gasteiger partial charge is 0.336 e. The summed E-state index contributed by atoms with van der Waals surface area (Å²) < 4.78 is 0. The number of nitrogens with zero attached hydrogens (tertiary/aromatic N) is 2. The van der Waals surface area contributed by atoms with E-state index in [1.165, 1.54) is 0 Å². The number of piperazine rings is 1. The molecule has 0 radical (unpaired) electrons. The number of rotatable bonds is 5. The summed E-state index contributed by atoms with van der Waals surface area (Å²) in [5.41, 5.74) is 1.27. The molecule has 0 aromatic heterocycles. The van der Waals surface area contributed by atoms with Crippen LogP contribution < -0.4 is 0 Å². The molecule has 1 aromatic carbocycles. The molecule has 4 heteroatoms. The lowest BCUT2D eigenvalue weighted by atomic mass is 10.1. The third kappa shape index (κ3) is 3.70. The second-order valence-corrected chi connectivity index (χ2v) is 5.54. The zero-order valence-electron chi connectivity index (χ0n) is 12.9. The van der Waals surface area contributed by atoms with Crippen molar-refractivity contribution in [2.75, 3.05) is 26.2 Å². The van der Waals surface area contributed by atoms with Crippen LogP contribution in [-0.2, 0) is 0 Å². The van der Waals surface area contributed by atoms with Crippen molar-refractivity contribution in [3.8, 4) is 0 Å². The van der Waals surface area contributed by atoms with Crippen LogP contribution in [-0.4, -0.2) is 54.2 Å². The minimum atomic E-state index is 0.0663. The number of amides is 1. The third-order valence-electron chi connectivity index (χ3n) is 4.35. The van der Waals surface area contributed by atoms with Crippen LogP contribution in [0.2, 0.25) is 0 Å². The van der Waals surface area contributed by atoms with Crippen LogP contribution in [0.25, 0.3) is 0 Å². The molecular formula is C17H24N2O2. The number of carbonyl (C=O) groups is 2. The van der Waals surface area contributed by atoms with Crippen LogP contribution in [0.5, 0.6) is 0 Å². The standard InChI is InChI=1S/C17H24N2O2/c1-3-16(4-2)18-9-11-19(12-10-18)17(21)15-7-5-14(13-20)6-8-15/h5-8,13,16H,3-4,9-12H2,1-2H3. The van der Waals surface area contributed by atoms with Gasteiger partial charge in [-0.05, 0) is 25.0 Å². The Bertz CT molecular complexity index is 472. The molecule has 0 spiro atoms. The molecule has 1 aliphatic heterocycles. The predicted octanol–water partition coefficient (Wildman–Crippen LogP) is 2.45. The fraction of sp³-hybridized carbons (Fsp3) is 0.529. The second kappa shape index (κ2) is 7.36. The SMILES string of the molecule is CCC(CC)N1CCN(C(=O)c2ccc(C=O)cc2)CC1. The van der Waals surface area contributed by atoms with E-state index in [9.17, 15) is 9.59 Å². The van der Waals surface area contributed by atoms with Crippen molar-refractivity contribution in [2.24, 2.45) is 0 Å². The molecule has 0 bridgehead atoms. The number of hydrogen-bond acceptors (Lipinski definition) is 3. The van der Waals surface area contributed by atoms with Gasteiger partial charge in [-0.2, -0.15) is 0 Å². The van der Waals surface area contributed by atoms with Gasteiger partial charge in [-0.15, -0.1) is 0 Å². The number of aldehydes is 1. The number of carbonyl (C=O) groups excluding carboxylic acids is 2. The third-order valence-corrected chi connectivity index (χ3v) is 4.35. The van der Waals surface area contributed by atoms with Crippen molar-refractivity contribution >= 4 is 12.2 Å². The molecule has 0 atom stereocenters. The Labute approximate surface area is 126 Å². The highest BCUT2D eigenvalue weighted by molar-refractivity contribution is 5.95. The van der Waals surface area contributed by atoms with E-state index < -0.39 is 0 Å². The van der Waals surface area contributed by atoms with Gasteiger partial charge in [0, 0.05) is 43.3 Å². The van der Waals surface area contributed by atoms with Gasteiger partial charge in [0.2, 0.25) is 0 Å². The summed E-state index contributed by atoms with van der Waals surface area (Å²) in [6.07, 6.45) is 3.12. The van der Waals surface area contributed by atoms with E-state index in [1.807, 2.05) is 4.90 Å². The lowest BCUT2D eigenvalue weighted by Crippen LogP contribution is -2.51. The average Bonchev–Trinajstić information content (AvgIpc) is 2.56. The van der Waals surface area contributed by atoms with E-state index in [1.54, 1.807) is 24.3 Å². The second-order valence-electron chi connectivity index (χ2n) is 5.54. The molecule has 114 valence electrons. The fourth-order valence-electron chi connectivity index (χ4n) is 2.98. The Morgan fingerprint density at radius 1 is 1.10 bits per heavy atom. The molecule has 1 amide bonds. The van der Waals surface area contributed by atoms with E-state index >= 15 is 0 Å². The van der Waals surface area contributed by atoms with E-state index in [0.29, 0.717) is 17.2 Å². The van der Waals surface area contributed by atoms with Crippen LogP contribution in [0.4, 0.5) is 0 Å². The van der Waals surface area contributed by atoms with Crippen LogP contribution in [0.15, 0.2) is 24.3 Å². The highest BCUT2D eigenvalue weighted by Gasteiger charge is 2.24. The maximum Gasteiger partial charge on any atom is 0.253 e. The highest BCUT2D eigenvalue weighted by Crippen LogP contribution is 2.14. The summed E-state index contributed by atoms with van der Waals surface area (Å²) in [6.45, 7) is 7.91. The molecule has 0 unspecified atom stereocenters. The first-order valence-electron chi connectivity index (χ1n) is 7.78. The van der Waals surface area contributed by atoms with Gasteiger partial charge in [0.1, 0.15) is 6.29 Å². The first-order valence-corrected chi connectivity index (χ1v) is 7.78. The Morgan fingerprint density at radius 2 is 1.67 bits per heavy atom. The molecule has 1 fully saturated rings. The lowest BCUT2D eigenvalue weighted by Gasteiger charge is -2.38. The molecule has 1 saturated heterocycles. The Balaban J connectivity index is 1.94. The summed E-state index contributed by atoms with van der Waals surface area (Å²) >= 11 is 0. The van der Waals surface area contributed by atoms with Gasteiger partial charge >= 0.3 is 0 Å². The molecular weight excluding hydrogens is 264 g/mol. The molecule has 0 N–H and O–H groups in total. The smallest absolute Gasteiger partial charge is 0.253 e. The van der Waals surface area contributed by atoms with Gasteiger partial charge in [0.05, 0.1) is 0 Å². The first kappa shape index (κ1) is 15.7.